The molecule has 0 aliphatic heterocycles. The van der Waals surface area contributed by atoms with Gasteiger partial charge in [0.15, 0.2) is 11.6 Å². The second-order valence-corrected chi connectivity index (χ2v) is 4.13. The Morgan fingerprint density at radius 3 is 2.57 bits per heavy atom. The summed E-state index contributed by atoms with van der Waals surface area (Å²) in [5.74, 6) is -0.494. The van der Waals surface area contributed by atoms with Crippen LogP contribution in [-0.2, 0) is 11.3 Å². The molecule has 0 radical (unpaired) electrons. The summed E-state index contributed by atoms with van der Waals surface area (Å²) in [5.41, 5.74) is 0.827. The molecule has 1 aromatic carbocycles. The first kappa shape index (κ1) is 14.8. The molecule has 0 aliphatic rings. The molecule has 0 fully saturated rings. The van der Waals surface area contributed by atoms with E-state index in [-0.39, 0.29) is 12.4 Å². The standard InChI is InChI=1S/C15H14FNO4/c1-19-13-5-3-10(7-12(13)16)9-21-15(18)11-4-6-14(20-2)17-8-11/h3-8H,9H2,1-2H3. The van der Waals surface area contributed by atoms with Gasteiger partial charge in [-0.15, -0.1) is 0 Å². The van der Waals surface area contributed by atoms with Gasteiger partial charge in [0.05, 0.1) is 19.8 Å². The summed E-state index contributed by atoms with van der Waals surface area (Å²) in [4.78, 5) is 15.7. The fourth-order valence-corrected chi connectivity index (χ4v) is 1.65. The van der Waals surface area contributed by atoms with E-state index in [2.05, 4.69) is 4.98 Å². The van der Waals surface area contributed by atoms with Gasteiger partial charge in [0.1, 0.15) is 6.61 Å². The Balaban J connectivity index is 1.98. The lowest BCUT2D eigenvalue weighted by molar-refractivity contribution is 0.0471. The smallest absolute Gasteiger partial charge is 0.340 e. The van der Waals surface area contributed by atoms with Crippen LogP contribution in [0.4, 0.5) is 4.39 Å². The highest BCUT2D eigenvalue weighted by Crippen LogP contribution is 2.18. The first-order valence-corrected chi connectivity index (χ1v) is 6.13. The highest BCUT2D eigenvalue weighted by atomic mass is 19.1. The molecule has 0 bridgehead atoms. The van der Waals surface area contributed by atoms with Gasteiger partial charge in [0.25, 0.3) is 0 Å². The maximum absolute atomic E-state index is 13.5. The number of methoxy groups -OCH3 is 2. The number of hydrogen-bond acceptors (Lipinski definition) is 5. The van der Waals surface area contributed by atoms with Crippen molar-refractivity contribution >= 4 is 5.97 Å². The van der Waals surface area contributed by atoms with Crippen LogP contribution in [0.3, 0.4) is 0 Å². The second kappa shape index (κ2) is 6.69. The van der Waals surface area contributed by atoms with Crippen molar-refractivity contribution in [3.05, 3.63) is 53.5 Å². The largest absolute Gasteiger partial charge is 0.494 e. The van der Waals surface area contributed by atoms with Crippen LogP contribution in [0.1, 0.15) is 15.9 Å². The van der Waals surface area contributed by atoms with Crippen molar-refractivity contribution in [2.45, 2.75) is 6.61 Å². The first-order chi connectivity index (χ1) is 10.1. The number of rotatable bonds is 5. The molecular weight excluding hydrogens is 277 g/mol. The SMILES string of the molecule is COc1ccc(C(=O)OCc2ccc(OC)c(F)c2)cn1. The Hall–Kier alpha value is -2.63. The summed E-state index contributed by atoms with van der Waals surface area (Å²) < 4.78 is 28.3. The van der Waals surface area contributed by atoms with Crippen LogP contribution in [0, 0.1) is 5.82 Å². The van der Waals surface area contributed by atoms with Gasteiger partial charge in [-0.3, -0.25) is 0 Å². The van der Waals surface area contributed by atoms with Crippen LogP contribution in [0.2, 0.25) is 0 Å². The second-order valence-electron chi connectivity index (χ2n) is 4.13. The lowest BCUT2D eigenvalue weighted by atomic mass is 10.2. The quantitative estimate of drug-likeness (QED) is 0.792. The Morgan fingerprint density at radius 2 is 2.00 bits per heavy atom. The van der Waals surface area contributed by atoms with E-state index in [1.54, 1.807) is 18.2 Å². The molecule has 0 atom stereocenters. The zero-order valence-corrected chi connectivity index (χ0v) is 11.6. The molecule has 0 unspecified atom stereocenters. The molecule has 0 spiro atoms. The molecule has 0 aliphatic carbocycles. The van der Waals surface area contributed by atoms with E-state index >= 15 is 0 Å². The van der Waals surface area contributed by atoms with Crippen LogP contribution < -0.4 is 9.47 Å². The monoisotopic (exact) mass is 291 g/mol. The Bertz CT molecular complexity index is 628. The topological polar surface area (TPSA) is 57.7 Å². The number of benzene rings is 1. The summed E-state index contributed by atoms with van der Waals surface area (Å²) in [6, 6.07) is 7.47. The number of halogens is 1. The normalized spacial score (nSPS) is 10.0. The van der Waals surface area contributed by atoms with Crippen molar-refractivity contribution in [1.82, 2.24) is 4.98 Å². The van der Waals surface area contributed by atoms with Crippen molar-refractivity contribution in [2.75, 3.05) is 14.2 Å². The van der Waals surface area contributed by atoms with E-state index < -0.39 is 11.8 Å². The number of ether oxygens (including phenoxy) is 3. The summed E-state index contributed by atoms with van der Waals surface area (Å²) in [6.07, 6.45) is 1.36. The third-order valence-corrected chi connectivity index (χ3v) is 2.77. The number of carbonyl (C=O) groups is 1. The summed E-state index contributed by atoms with van der Waals surface area (Å²) >= 11 is 0. The Labute approximate surface area is 121 Å². The molecule has 6 heteroatoms. The van der Waals surface area contributed by atoms with E-state index in [4.69, 9.17) is 14.2 Å². The van der Waals surface area contributed by atoms with Crippen molar-refractivity contribution in [3.63, 3.8) is 0 Å². The third-order valence-electron chi connectivity index (χ3n) is 2.77. The van der Waals surface area contributed by atoms with E-state index in [0.717, 1.165) is 0 Å². The van der Waals surface area contributed by atoms with E-state index in [1.807, 2.05) is 0 Å². The van der Waals surface area contributed by atoms with Gasteiger partial charge >= 0.3 is 5.97 Å². The number of pyridine rings is 1. The van der Waals surface area contributed by atoms with Crippen LogP contribution >= 0.6 is 0 Å². The van der Waals surface area contributed by atoms with E-state index in [1.165, 1.54) is 32.5 Å². The number of hydrogen-bond donors (Lipinski definition) is 0. The maximum Gasteiger partial charge on any atom is 0.340 e. The van der Waals surface area contributed by atoms with Gasteiger partial charge in [-0.2, -0.15) is 0 Å². The fraction of sp³-hybridized carbons (Fsp3) is 0.200. The van der Waals surface area contributed by atoms with Crippen LogP contribution in [0.25, 0.3) is 0 Å². The van der Waals surface area contributed by atoms with Crippen molar-refractivity contribution in [1.29, 1.82) is 0 Å². The minimum atomic E-state index is -0.540. The third kappa shape index (κ3) is 3.68. The summed E-state index contributed by atoms with van der Waals surface area (Å²) in [7, 11) is 2.87. The van der Waals surface area contributed by atoms with Gasteiger partial charge in [0.2, 0.25) is 5.88 Å². The predicted octanol–water partition coefficient (Wildman–Crippen LogP) is 2.59. The minimum Gasteiger partial charge on any atom is -0.494 e. The number of esters is 1. The van der Waals surface area contributed by atoms with Crippen LogP contribution in [0.5, 0.6) is 11.6 Å². The van der Waals surface area contributed by atoms with Gasteiger partial charge in [-0.25, -0.2) is 14.2 Å². The molecular formula is C15H14FNO4. The van der Waals surface area contributed by atoms with Crippen LogP contribution in [-0.4, -0.2) is 25.2 Å². The van der Waals surface area contributed by atoms with Crippen molar-refractivity contribution in [3.8, 4) is 11.6 Å². The van der Waals surface area contributed by atoms with E-state index in [0.29, 0.717) is 17.0 Å². The fourth-order valence-electron chi connectivity index (χ4n) is 1.65. The zero-order chi connectivity index (χ0) is 15.2. The highest BCUT2D eigenvalue weighted by Gasteiger charge is 2.09. The molecule has 1 aromatic heterocycles. The van der Waals surface area contributed by atoms with E-state index in [9.17, 15) is 9.18 Å². The number of aromatic nitrogens is 1. The van der Waals surface area contributed by atoms with Crippen LogP contribution in [0.15, 0.2) is 36.5 Å². The minimum absolute atomic E-state index is 0.0359. The average molecular weight is 291 g/mol. The average Bonchev–Trinajstić information content (AvgIpc) is 2.52. The maximum atomic E-state index is 13.5. The summed E-state index contributed by atoms with van der Waals surface area (Å²) in [5, 5.41) is 0. The molecule has 0 saturated carbocycles. The molecule has 2 rings (SSSR count). The molecule has 0 N–H and O–H groups in total. The Morgan fingerprint density at radius 1 is 1.19 bits per heavy atom. The number of nitrogens with zero attached hydrogens (tertiary/aromatic N) is 1. The lowest BCUT2D eigenvalue weighted by Gasteiger charge is -2.07. The number of carbonyl (C=O) groups excluding carboxylic acids is 1. The molecule has 1 heterocycles. The van der Waals surface area contributed by atoms with Crippen molar-refractivity contribution in [2.24, 2.45) is 0 Å². The van der Waals surface area contributed by atoms with Crippen molar-refractivity contribution < 1.29 is 23.4 Å². The summed E-state index contributed by atoms with van der Waals surface area (Å²) in [6.45, 7) is -0.0359. The molecule has 110 valence electrons. The lowest BCUT2D eigenvalue weighted by Crippen LogP contribution is -2.06. The van der Waals surface area contributed by atoms with Gasteiger partial charge in [-0.1, -0.05) is 6.07 Å². The van der Waals surface area contributed by atoms with Gasteiger partial charge in [0, 0.05) is 12.3 Å². The molecule has 21 heavy (non-hydrogen) atoms. The first-order valence-electron chi connectivity index (χ1n) is 6.13. The predicted molar refractivity (Wildman–Crippen MR) is 72.9 cm³/mol. The molecule has 5 nitrogen and oxygen atoms in total. The van der Waals surface area contributed by atoms with Gasteiger partial charge in [-0.05, 0) is 23.8 Å². The zero-order valence-electron chi connectivity index (χ0n) is 11.6. The van der Waals surface area contributed by atoms with Gasteiger partial charge < -0.3 is 14.2 Å². The molecule has 0 saturated heterocycles. The highest BCUT2D eigenvalue weighted by molar-refractivity contribution is 5.89. The molecule has 2 aromatic rings. The molecule has 0 amide bonds. The Kier molecular flexibility index (Phi) is 4.71.